The van der Waals surface area contributed by atoms with Gasteiger partial charge in [0.25, 0.3) is 5.56 Å². The van der Waals surface area contributed by atoms with Gasteiger partial charge >= 0.3 is 0 Å². The molecule has 136 valence electrons. The first-order chi connectivity index (χ1) is 12.9. The van der Waals surface area contributed by atoms with Gasteiger partial charge in [-0.25, -0.2) is 9.37 Å². The number of rotatable bonds is 3. The van der Waals surface area contributed by atoms with E-state index in [1.807, 2.05) is 0 Å². The molecule has 3 rings (SSSR count). The van der Waals surface area contributed by atoms with Crippen molar-refractivity contribution in [2.45, 2.75) is 13.8 Å². The molecular weight excluding hydrogens is 349 g/mol. The standard InChI is InChI=1S/C20H16FN3O3/c1-13(25)23(14(2)26)24-19(12-11-15-7-3-5-9-17(15)21)22-18-10-6-4-8-16(18)20(24)27/h3-12H,1-2H3/b12-11+. The van der Waals surface area contributed by atoms with Crippen LogP contribution >= 0.6 is 0 Å². The highest BCUT2D eigenvalue weighted by Crippen LogP contribution is 2.13. The zero-order valence-corrected chi connectivity index (χ0v) is 14.7. The number of halogens is 1. The van der Waals surface area contributed by atoms with Crippen molar-refractivity contribution in [1.82, 2.24) is 9.66 Å². The number of para-hydroxylation sites is 1. The van der Waals surface area contributed by atoms with Crippen LogP contribution in [0.5, 0.6) is 0 Å². The molecule has 0 unspecified atom stereocenters. The van der Waals surface area contributed by atoms with Gasteiger partial charge in [0.05, 0.1) is 10.9 Å². The molecule has 0 fully saturated rings. The molecule has 7 heteroatoms. The summed E-state index contributed by atoms with van der Waals surface area (Å²) in [4.78, 5) is 41.3. The Labute approximate surface area is 154 Å². The second kappa shape index (κ2) is 7.33. The van der Waals surface area contributed by atoms with Crippen LogP contribution in [0.4, 0.5) is 4.39 Å². The van der Waals surface area contributed by atoms with Gasteiger partial charge in [-0.2, -0.15) is 9.69 Å². The Morgan fingerprint density at radius 3 is 2.30 bits per heavy atom. The van der Waals surface area contributed by atoms with Crippen LogP contribution in [-0.2, 0) is 9.59 Å². The SMILES string of the molecule is CC(=O)N(C(C)=O)n1c(/C=C/c2ccccc2F)nc2ccccc2c1=O. The summed E-state index contributed by atoms with van der Waals surface area (Å²) in [5.74, 6) is -1.68. The molecule has 6 nitrogen and oxygen atoms in total. The molecule has 2 amide bonds. The van der Waals surface area contributed by atoms with E-state index in [0.29, 0.717) is 10.5 Å². The largest absolute Gasteiger partial charge is 0.281 e. The summed E-state index contributed by atoms with van der Waals surface area (Å²) in [6.45, 7) is 2.35. The molecule has 1 aromatic heterocycles. The van der Waals surface area contributed by atoms with Crippen LogP contribution in [0.3, 0.4) is 0 Å². The molecule has 0 saturated heterocycles. The number of nitrogens with zero attached hydrogens (tertiary/aromatic N) is 3. The van der Waals surface area contributed by atoms with Crippen LogP contribution in [0.15, 0.2) is 53.3 Å². The fraction of sp³-hybridized carbons (Fsp3) is 0.100. The Kier molecular flexibility index (Phi) is 4.94. The number of hydrogen-bond donors (Lipinski definition) is 0. The summed E-state index contributed by atoms with van der Waals surface area (Å²) in [7, 11) is 0. The van der Waals surface area contributed by atoms with E-state index in [1.165, 1.54) is 32.1 Å². The van der Waals surface area contributed by atoms with Gasteiger partial charge in [-0.05, 0) is 30.4 Å². The van der Waals surface area contributed by atoms with Crippen LogP contribution in [0.2, 0.25) is 0 Å². The normalized spacial score (nSPS) is 11.1. The number of benzene rings is 2. The van der Waals surface area contributed by atoms with Crippen LogP contribution in [0.1, 0.15) is 25.2 Å². The summed E-state index contributed by atoms with van der Waals surface area (Å²) >= 11 is 0. The van der Waals surface area contributed by atoms with Crippen molar-refractivity contribution >= 4 is 34.9 Å². The number of hydrogen-bond acceptors (Lipinski definition) is 4. The first-order valence-corrected chi connectivity index (χ1v) is 8.16. The molecular formula is C20H16FN3O3. The molecule has 2 aromatic carbocycles. The monoisotopic (exact) mass is 365 g/mol. The Morgan fingerprint density at radius 2 is 1.63 bits per heavy atom. The molecule has 0 bridgehead atoms. The fourth-order valence-electron chi connectivity index (χ4n) is 2.72. The molecule has 0 spiro atoms. The second-order valence-corrected chi connectivity index (χ2v) is 5.81. The number of aromatic nitrogens is 2. The second-order valence-electron chi connectivity index (χ2n) is 5.81. The maximum Gasteiger partial charge on any atom is 0.281 e. The molecule has 27 heavy (non-hydrogen) atoms. The van der Waals surface area contributed by atoms with Crippen molar-refractivity contribution in [3.05, 3.63) is 76.1 Å². The van der Waals surface area contributed by atoms with Gasteiger partial charge < -0.3 is 0 Å². The maximum absolute atomic E-state index is 13.9. The molecule has 3 aromatic rings. The fourth-order valence-corrected chi connectivity index (χ4v) is 2.72. The van der Waals surface area contributed by atoms with Crippen LogP contribution in [-0.4, -0.2) is 21.5 Å². The highest BCUT2D eigenvalue weighted by Gasteiger charge is 2.22. The lowest BCUT2D eigenvalue weighted by molar-refractivity contribution is -0.126. The zero-order chi connectivity index (χ0) is 19.6. The molecule has 0 aliphatic rings. The lowest BCUT2D eigenvalue weighted by Gasteiger charge is -2.21. The van der Waals surface area contributed by atoms with Gasteiger partial charge in [0, 0.05) is 19.4 Å². The third-order valence-electron chi connectivity index (χ3n) is 3.89. The van der Waals surface area contributed by atoms with Gasteiger partial charge in [0.2, 0.25) is 11.8 Å². The van der Waals surface area contributed by atoms with E-state index in [9.17, 15) is 18.8 Å². The minimum Gasteiger partial charge on any atom is -0.273 e. The van der Waals surface area contributed by atoms with Gasteiger partial charge in [-0.3, -0.25) is 14.4 Å². The lowest BCUT2D eigenvalue weighted by atomic mass is 10.2. The van der Waals surface area contributed by atoms with Crippen LogP contribution in [0, 0.1) is 5.82 Å². The minimum absolute atomic E-state index is 0.0346. The summed E-state index contributed by atoms with van der Waals surface area (Å²) in [5.41, 5.74) is 0.113. The lowest BCUT2D eigenvalue weighted by Crippen LogP contribution is -2.49. The van der Waals surface area contributed by atoms with E-state index in [1.54, 1.807) is 42.5 Å². The summed E-state index contributed by atoms with van der Waals surface area (Å²) in [6, 6.07) is 12.7. The molecule has 0 radical (unpaired) electrons. The number of carbonyl (C=O) groups is 2. The number of imide groups is 1. The molecule has 1 heterocycles. The topological polar surface area (TPSA) is 72.3 Å². The summed E-state index contributed by atoms with van der Waals surface area (Å²) < 4.78 is 14.8. The number of fused-ring (bicyclic) bond motifs is 1. The Hall–Kier alpha value is -3.61. The van der Waals surface area contributed by atoms with Crippen LogP contribution in [0.25, 0.3) is 23.1 Å². The Bertz CT molecular complexity index is 1120. The highest BCUT2D eigenvalue weighted by atomic mass is 19.1. The van der Waals surface area contributed by atoms with E-state index in [2.05, 4.69) is 4.98 Å². The summed E-state index contributed by atoms with van der Waals surface area (Å²) in [5, 5.41) is 0.969. The first kappa shape index (κ1) is 18.2. The van der Waals surface area contributed by atoms with E-state index >= 15 is 0 Å². The molecule has 0 saturated carbocycles. The van der Waals surface area contributed by atoms with Crippen molar-refractivity contribution in [2.24, 2.45) is 0 Å². The maximum atomic E-state index is 13.9. The van der Waals surface area contributed by atoms with Crippen molar-refractivity contribution in [3.63, 3.8) is 0 Å². The first-order valence-electron chi connectivity index (χ1n) is 8.16. The molecule has 0 aliphatic heterocycles. The zero-order valence-electron chi connectivity index (χ0n) is 14.7. The van der Waals surface area contributed by atoms with Gasteiger partial charge in [-0.1, -0.05) is 30.3 Å². The van der Waals surface area contributed by atoms with Gasteiger partial charge in [0.15, 0.2) is 5.82 Å². The predicted octanol–water partition coefficient (Wildman–Crippen LogP) is 2.74. The molecule has 0 aliphatic carbocycles. The molecule has 0 N–H and O–H groups in total. The van der Waals surface area contributed by atoms with Gasteiger partial charge in [0.1, 0.15) is 5.82 Å². The van der Waals surface area contributed by atoms with Crippen molar-refractivity contribution in [3.8, 4) is 0 Å². The van der Waals surface area contributed by atoms with E-state index in [0.717, 1.165) is 4.68 Å². The van der Waals surface area contributed by atoms with E-state index in [4.69, 9.17) is 0 Å². The van der Waals surface area contributed by atoms with Crippen LogP contribution < -0.4 is 10.6 Å². The van der Waals surface area contributed by atoms with Gasteiger partial charge in [-0.15, -0.1) is 0 Å². The average molecular weight is 365 g/mol. The number of carbonyl (C=O) groups excluding carboxylic acids is 2. The predicted molar refractivity (Wildman–Crippen MR) is 101 cm³/mol. The van der Waals surface area contributed by atoms with Crippen molar-refractivity contribution in [1.29, 1.82) is 0 Å². The Balaban J connectivity index is 2.28. The third-order valence-corrected chi connectivity index (χ3v) is 3.89. The smallest absolute Gasteiger partial charge is 0.273 e. The van der Waals surface area contributed by atoms with E-state index < -0.39 is 23.2 Å². The molecule has 0 atom stereocenters. The minimum atomic E-state index is -0.637. The third kappa shape index (κ3) is 3.52. The number of amides is 2. The summed E-state index contributed by atoms with van der Waals surface area (Å²) in [6.07, 6.45) is 2.83. The Morgan fingerprint density at radius 1 is 1.00 bits per heavy atom. The quantitative estimate of drug-likeness (QED) is 0.715. The van der Waals surface area contributed by atoms with Crippen molar-refractivity contribution in [2.75, 3.05) is 5.01 Å². The highest BCUT2D eigenvalue weighted by molar-refractivity contribution is 6.06. The average Bonchev–Trinajstić information content (AvgIpc) is 2.63. The van der Waals surface area contributed by atoms with Crippen molar-refractivity contribution < 1.29 is 14.0 Å². The van der Waals surface area contributed by atoms with E-state index in [-0.39, 0.29) is 16.8 Å².